The normalized spacial score (nSPS) is 18.3. The van der Waals surface area contributed by atoms with Crippen molar-refractivity contribution < 1.29 is 10.1 Å². The van der Waals surface area contributed by atoms with Crippen molar-refractivity contribution in [3.05, 3.63) is 17.0 Å². The fourth-order valence-electron chi connectivity index (χ4n) is 2.90. The van der Waals surface area contributed by atoms with E-state index in [-0.39, 0.29) is 11.9 Å². The number of nitrogens with one attached hydrogen (secondary N) is 1. The van der Waals surface area contributed by atoms with Gasteiger partial charge in [0.1, 0.15) is 11.1 Å². The first kappa shape index (κ1) is 16.0. The van der Waals surface area contributed by atoms with E-state index in [1.807, 2.05) is 12.3 Å². The average molecular weight is 306 g/mol. The third-order valence-corrected chi connectivity index (χ3v) is 4.98. The van der Waals surface area contributed by atoms with Crippen LogP contribution >= 0.6 is 11.3 Å². The molecule has 114 valence electrons. The van der Waals surface area contributed by atoms with Crippen LogP contribution in [0.4, 0.5) is 5.00 Å². The Balaban J connectivity index is 1.85. The maximum Gasteiger partial charge on any atom is 0.282 e. The van der Waals surface area contributed by atoms with Gasteiger partial charge in [0.2, 0.25) is 0 Å². The van der Waals surface area contributed by atoms with E-state index >= 15 is 0 Å². The highest BCUT2D eigenvalue weighted by Gasteiger charge is 2.23. The smallest absolute Gasteiger partial charge is 0.282 e. The lowest BCUT2D eigenvalue weighted by atomic mass is 9.96. The lowest BCUT2D eigenvalue weighted by Gasteiger charge is -2.21. The highest BCUT2D eigenvalue weighted by Crippen LogP contribution is 2.22. The van der Waals surface area contributed by atoms with Crippen LogP contribution in [0.15, 0.2) is 11.4 Å². The summed E-state index contributed by atoms with van der Waals surface area (Å²) in [4.78, 5) is 12.3. The van der Waals surface area contributed by atoms with Gasteiger partial charge in [0.25, 0.3) is 5.91 Å². The predicted molar refractivity (Wildman–Crippen MR) is 85.2 cm³/mol. The van der Waals surface area contributed by atoms with Gasteiger partial charge in [-0.15, -0.1) is 11.3 Å². The van der Waals surface area contributed by atoms with Crippen LogP contribution in [-0.4, -0.2) is 18.0 Å². The standard InChI is InChI=1S/C16H23N3OS/c1-12(18-14-7-5-3-2-4-6-8-14)15(20)19-16-13(11-17)9-10-21-16/h9-10,12,14,18H,2-8H2,1H3,(H,19,20)/p+1/t12-/m0/s1. The van der Waals surface area contributed by atoms with Gasteiger partial charge in [0.15, 0.2) is 6.04 Å². The van der Waals surface area contributed by atoms with E-state index in [2.05, 4.69) is 16.7 Å². The molecule has 1 aliphatic rings. The second kappa shape index (κ2) is 8.16. The molecule has 1 fully saturated rings. The van der Waals surface area contributed by atoms with Crippen molar-refractivity contribution in [3.8, 4) is 6.07 Å². The van der Waals surface area contributed by atoms with E-state index in [0.29, 0.717) is 16.6 Å². The zero-order chi connectivity index (χ0) is 15.1. The number of quaternary nitrogens is 1. The molecule has 1 heterocycles. The number of nitriles is 1. The molecule has 0 saturated heterocycles. The summed E-state index contributed by atoms with van der Waals surface area (Å²) in [6.07, 6.45) is 8.98. The van der Waals surface area contributed by atoms with Gasteiger partial charge in [0, 0.05) is 0 Å². The lowest BCUT2D eigenvalue weighted by Crippen LogP contribution is -2.96. The van der Waals surface area contributed by atoms with Crippen molar-refractivity contribution in [1.29, 1.82) is 5.26 Å². The molecule has 5 heteroatoms. The molecule has 0 radical (unpaired) electrons. The molecule has 0 bridgehead atoms. The number of hydrogen-bond donors (Lipinski definition) is 2. The van der Waals surface area contributed by atoms with Crippen molar-refractivity contribution in [2.24, 2.45) is 0 Å². The van der Waals surface area contributed by atoms with Crippen LogP contribution in [0.1, 0.15) is 57.4 Å². The number of thiophene rings is 1. The summed E-state index contributed by atoms with van der Waals surface area (Å²) in [5.74, 6) is -0.00369. The first-order valence-corrected chi connectivity index (χ1v) is 8.72. The summed E-state index contributed by atoms with van der Waals surface area (Å²) >= 11 is 1.40. The van der Waals surface area contributed by atoms with Crippen LogP contribution in [0.5, 0.6) is 0 Å². The Kier molecular flexibility index (Phi) is 6.21. The summed E-state index contributed by atoms with van der Waals surface area (Å²) in [6, 6.07) is 4.29. The van der Waals surface area contributed by atoms with E-state index in [0.717, 1.165) is 0 Å². The Morgan fingerprint density at radius 2 is 2.05 bits per heavy atom. The molecule has 1 amide bonds. The lowest BCUT2D eigenvalue weighted by molar-refractivity contribution is -0.707. The summed E-state index contributed by atoms with van der Waals surface area (Å²) in [6.45, 7) is 1.95. The predicted octanol–water partition coefficient (Wildman–Crippen LogP) is 2.62. The molecule has 1 atom stereocenters. The molecule has 1 aliphatic carbocycles. The number of carbonyl (C=O) groups excluding carboxylic acids is 1. The van der Waals surface area contributed by atoms with Crippen LogP contribution in [0.2, 0.25) is 0 Å². The van der Waals surface area contributed by atoms with E-state index in [1.165, 1.54) is 56.3 Å². The topological polar surface area (TPSA) is 69.5 Å². The SMILES string of the molecule is C[C@H]([NH2+]C1CCCCCCC1)C(=O)Nc1sccc1C#N. The fraction of sp³-hybridized carbons (Fsp3) is 0.625. The van der Waals surface area contributed by atoms with Gasteiger partial charge in [0.05, 0.1) is 11.6 Å². The zero-order valence-corrected chi connectivity index (χ0v) is 13.4. The summed E-state index contributed by atoms with van der Waals surface area (Å²) < 4.78 is 0. The van der Waals surface area contributed by atoms with Gasteiger partial charge >= 0.3 is 0 Å². The minimum Gasteiger partial charge on any atom is -0.334 e. The van der Waals surface area contributed by atoms with Crippen molar-refractivity contribution in [1.82, 2.24) is 0 Å². The Labute approximate surface area is 130 Å². The van der Waals surface area contributed by atoms with E-state index < -0.39 is 0 Å². The minimum atomic E-state index is -0.108. The molecule has 21 heavy (non-hydrogen) atoms. The number of carbonyl (C=O) groups is 1. The Hall–Kier alpha value is -1.38. The van der Waals surface area contributed by atoms with Crippen molar-refractivity contribution >= 4 is 22.2 Å². The molecule has 0 spiro atoms. The van der Waals surface area contributed by atoms with Gasteiger partial charge in [-0.05, 0) is 44.1 Å². The first-order valence-electron chi connectivity index (χ1n) is 7.84. The highest BCUT2D eigenvalue weighted by molar-refractivity contribution is 7.14. The molecule has 1 aromatic heterocycles. The van der Waals surface area contributed by atoms with Crippen LogP contribution < -0.4 is 10.6 Å². The quantitative estimate of drug-likeness (QED) is 0.897. The Morgan fingerprint density at radius 3 is 2.71 bits per heavy atom. The van der Waals surface area contributed by atoms with Crippen LogP contribution in [-0.2, 0) is 4.79 Å². The molecular formula is C16H24N3OS+. The third-order valence-electron chi connectivity index (χ3n) is 4.15. The minimum absolute atomic E-state index is 0.00369. The molecule has 4 nitrogen and oxygen atoms in total. The molecule has 1 aromatic rings. The van der Waals surface area contributed by atoms with Crippen molar-refractivity contribution in [3.63, 3.8) is 0 Å². The summed E-state index contributed by atoms with van der Waals surface area (Å²) in [7, 11) is 0. The molecule has 3 N–H and O–H groups in total. The fourth-order valence-corrected chi connectivity index (χ4v) is 3.64. The maximum absolute atomic E-state index is 12.3. The van der Waals surface area contributed by atoms with Gasteiger partial charge in [-0.1, -0.05) is 19.3 Å². The van der Waals surface area contributed by atoms with Gasteiger partial charge in [-0.25, -0.2) is 0 Å². The second-order valence-corrected chi connectivity index (χ2v) is 6.77. The largest absolute Gasteiger partial charge is 0.334 e. The second-order valence-electron chi connectivity index (χ2n) is 5.85. The van der Waals surface area contributed by atoms with Crippen molar-refractivity contribution in [2.45, 2.75) is 64.0 Å². The molecule has 2 rings (SSSR count). The monoisotopic (exact) mass is 306 g/mol. The first-order chi connectivity index (χ1) is 10.2. The number of nitrogens with zero attached hydrogens (tertiary/aromatic N) is 1. The molecule has 0 aliphatic heterocycles. The molecule has 1 saturated carbocycles. The Morgan fingerprint density at radius 1 is 1.38 bits per heavy atom. The number of rotatable bonds is 4. The van der Waals surface area contributed by atoms with Crippen LogP contribution in [0.3, 0.4) is 0 Å². The number of amides is 1. The molecular weight excluding hydrogens is 282 g/mol. The van der Waals surface area contributed by atoms with Crippen LogP contribution in [0, 0.1) is 11.3 Å². The third kappa shape index (κ3) is 4.83. The van der Waals surface area contributed by atoms with E-state index in [4.69, 9.17) is 5.26 Å². The maximum atomic E-state index is 12.3. The van der Waals surface area contributed by atoms with Crippen LogP contribution in [0.25, 0.3) is 0 Å². The highest BCUT2D eigenvalue weighted by atomic mass is 32.1. The number of anilines is 1. The van der Waals surface area contributed by atoms with Gasteiger partial charge in [-0.3, -0.25) is 4.79 Å². The summed E-state index contributed by atoms with van der Waals surface area (Å²) in [5.41, 5.74) is 0.548. The van der Waals surface area contributed by atoms with Gasteiger partial charge < -0.3 is 10.6 Å². The van der Waals surface area contributed by atoms with E-state index in [1.54, 1.807) is 6.07 Å². The number of nitrogens with two attached hydrogens (primary N) is 1. The number of hydrogen-bond acceptors (Lipinski definition) is 3. The Bertz CT molecular complexity index is 498. The molecule has 0 unspecified atom stereocenters. The van der Waals surface area contributed by atoms with Crippen molar-refractivity contribution in [2.75, 3.05) is 5.32 Å². The van der Waals surface area contributed by atoms with E-state index in [9.17, 15) is 4.79 Å². The molecule has 0 aromatic carbocycles. The van der Waals surface area contributed by atoms with Gasteiger partial charge in [-0.2, -0.15) is 5.26 Å². The summed E-state index contributed by atoms with van der Waals surface area (Å²) in [5, 5.41) is 16.6. The zero-order valence-electron chi connectivity index (χ0n) is 12.6. The average Bonchev–Trinajstić information content (AvgIpc) is 2.88.